The predicted octanol–water partition coefficient (Wildman–Crippen LogP) is 5.87. The number of nitrogens with zero attached hydrogens (tertiary/aromatic N) is 3. The summed E-state index contributed by atoms with van der Waals surface area (Å²) in [5.41, 5.74) is 1.70. The van der Waals surface area contributed by atoms with Crippen molar-refractivity contribution in [3.63, 3.8) is 0 Å². The van der Waals surface area contributed by atoms with E-state index in [0.717, 1.165) is 22.0 Å². The molecule has 0 fully saturated rings. The van der Waals surface area contributed by atoms with Crippen molar-refractivity contribution in [1.29, 1.82) is 0 Å². The maximum Gasteiger partial charge on any atom is 0.234 e. The van der Waals surface area contributed by atoms with E-state index in [2.05, 4.69) is 15.5 Å². The summed E-state index contributed by atoms with van der Waals surface area (Å²) in [7, 11) is 1.63. The molecule has 180 valence electrons. The van der Waals surface area contributed by atoms with Gasteiger partial charge in [0.1, 0.15) is 11.5 Å². The number of rotatable bonds is 10. The monoisotopic (exact) mass is 506 g/mol. The van der Waals surface area contributed by atoms with Gasteiger partial charge in [0.05, 0.1) is 18.6 Å². The number of hydrogen-bond donors (Lipinski definition) is 1. The van der Waals surface area contributed by atoms with Gasteiger partial charge in [-0.2, -0.15) is 0 Å². The van der Waals surface area contributed by atoms with Crippen LogP contribution < -0.4 is 14.8 Å². The third kappa shape index (κ3) is 6.17. The van der Waals surface area contributed by atoms with Gasteiger partial charge in [0.15, 0.2) is 17.1 Å². The number of methoxy groups -OCH3 is 1. The van der Waals surface area contributed by atoms with Crippen LogP contribution >= 0.6 is 23.5 Å². The molecule has 7 nitrogen and oxygen atoms in total. The fourth-order valence-electron chi connectivity index (χ4n) is 3.43. The van der Waals surface area contributed by atoms with E-state index in [9.17, 15) is 4.79 Å². The van der Waals surface area contributed by atoms with Crippen molar-refractivity contribution in [2.24, 2.45) is 0 Å². The lowest BCUT2D eigenvalue weighted by Gasteiger charge is -2.17. The minimum Gasteiger partial charge on any atom is -0.497 e. The lowest BCUT2D eigenvalue weighted by molar-refractivity contribution is -0.113. The van der Waals surface area contributed by atoms with Crippen molar-refractivity contribution in [2.45, 2.75) is 23.1 Å². The largest absolute Gasteiger partial charge is 0.497 e. The maximum atomic E-state index is 12.7. The quantitative estimate of drug-likeness (QED) is 0.270. The third-order valence-electron chi connectivity index (χ3n) is 5.12. The molecule has 0 aliphatic heterocycles. The number of aromatic nitrogens is 3. The third-order valence-corrected chi connectivity index (χ3v) is 6.85. The molecule has 35 heavy (non-hydrogen) atoms. The van der Waals surface area contributed by atoms with Crippen molar-refractivity contribution in [1.82, 2.24) is 14.8 Å². The average Bonchev–Trinajstić information content (AvgIpc) is 3.33. The smallest absolute Gasteiger partial charge is 0.234 e. The highest BCUT2D eigenvalue weighted by Crippen LogP contribution is 2.29. The number of para-hydroxylation sites is 2. The topological polar surface area (TPSA) is 78.3 Å². The number of ether oxygens (including phenoxy) is 2. The molecule has 0 aliphatic rings. The van der Waals surface area contributed by atoms with E-state index in [1.807, 2.05) is 96.6 Å². The molecule has 1 heterocycles. The number of thioether (sulfide) groups is 2. The lowest BCUT2D eigenvalue weighted by Crippen LogP contribution is -2.15. The van der Waals surface area contributed by atoms with Gasteiger partial charge in [-0.3, -0.25) is 9.36 Å². The SMILES string of the molecule is COc1ccc(OC(C)c2nnc(SCC(=O)Nc3ccccc3SC)n2-c2ccccc2)cc1. The van der Waals surface area contributed by atoms with Crippen LogP contribution in [0.3, 0.4) is 0 Å². The molecule has 0 saturated carbocycles. The molecular weight excluding hydrogens is 480 g/mol. The van der Waals surface area contributed by atoms with Gasteiger partial charge in [0, 0.05) is 10.6 Å². The summed E-state index contributed by atoms with van der Waals surface area (Å²) in [5.74, 6) is 2.18. The number of carbonyl (C=O) groups excluding carboxylic acids is 1. The van der Waals surface area contributed by atoms with Crippen molar-refractivity contribution >= 4 is 35.1 Å². The van der Waals surface area contributed by atoms with E-state index in [0.29, 0.717) is 16.7 Å². The first-order chi connectivity index (χ1) is 17.1. The molecule has 0 spiro atoms. The van der Waals surface area contributed by atoms with Crippen LogP contribution in [0, 0.1) is 0 Å². The molecule has 1 aromatic heterocycles. The number of hydrogen-bond acceptors (Lipinski definition) is 7. The number of benzene rings is 3. The highest BCUT2D eigenvalue weighted by atomic mass is 32.2. The molecule has 3 aromatic carbocycles. The van der Waals surface area contributed by atoms with Gasteiger partial charge in [-0.1, -0.05) is 42.1 Å². The molecule has 4 aromatic rings. The summed E-state index contributed by atoms with van der Waals surface area (Å²) in [6.07, 6.45) is 1.60. The normalized spacial score (nSPS) is 11.6. The summed E-state index contributed by atoms with van der Waals surface area (Å²) in [5, 5.41) is 12.4. The van der Waals surface area contributed by atoms with Gasteiger partial charge in [-0.25, -0.2) is 0 Å². The van der Waals surface area contributed by atoms with E-state index >= 15 is 0 Å². The number of anilines is 1. The Bertz CT molecular complexity index is 1260. The van der Waals surface area contributed by atoms with Crippen LogP contribution in [0.1, 0.15) is 18.9 Å². The van der Waals surface area contributed by atoms with Crippen LogP contribution in [0.25, 0.3) is 5.69 Å². The Morgan fingerprint density at radius 2 is 1.66 bits per heavy atom. The fourth-order valence-corrected chi connectivity index (χ4v) is 4.75. The van der Waals surface area contributed by atoms with Gasteiger partial charge in [-0.15, -0.1) is 22.0 Å². The average molecular weight is 507 g/mol. The number of nitrogens with one attached hydrogen (secondary N) is 1. The zero-order valence-corrected chi connectivity index (χ0v) is 21.3. The van der Waals surface area contributed by atoms with Gasteiger partial charge >= 0.3 is 0 Å². The zero-order valence-electron chi connectivity index (χ0n) is 19.7. The molecule has 4 rings (SSSR count). The van der Waals surface area contributed by atoms with E-state index in [4.69, 9.17) is 9.47 Å². The Balaban J connectivity index is 1.53. The summed E-state index contributed by atoms with van der Waals surface area (Å²) in [6.45, 7) is 1.92. The van der Waals surface area contributed by atoms with Crippen LogP contribution in [0.4, 0.5) is 5.69 Å². The minimum atomic E-state index is -0.382. The van der Waals surface area contributed by atoms with E-state index in [1.165, 1.54) is 11.8 Å². The summed E-state index contributed by atoms with van der Waals surface area (Å²) < 4.78 is 13.3. The Morgan fingerprint density at radius 3 is 2.37 bits per heavy atom. The Kier molecular flexibility index (Phi) is 8.33. The first-order valence-corrected chi connectivity index (χ1v) is 13.2. The van der Waals surface area contributed by atoms with Crippen LogP contribution in [-0.2, 0) is 4.79 Å². The van der Waals surface area contributed by atoms with Crippen molar-refractivity contribution < 1.29 is 14.3 Å². The molecule has 1 amide bonds. The molecule has 1 unspecified atom stereocenters. The Hall–Kier alpha value is -3.43. The number of amides is 1. The van der Waals surface area contributed by atoms with Crippen LogP contribution in [-0.4, -0.2) is 39.8 Å². The van der Waals surface area contributed by atoms with Gasteiger partial charge < -0.3 is 14.8 Å². The highest BCUT2D eigenvalue weighted by Gasteiger charge is 2.22. The molecule has 9 heteroatoms. The second-order valence-corrected chi connectivity index (χ2v) is 9.28. The molecular formula is C26H26N4O3S2. The molecule has 0 radical (unpaired) electrons. The first-order valence-electron chi connectivity index (χ1n) is 11.0. The maximum absolute atomic E-state index is 12.7. The standard InChI is InChI=1S/C26H26N4O3S2/c1-18(33-21-15-13-20(32-2)14-16-21)25-28-29-26(30(25)19-9-5-4-6-10-19)35-17-24(31)27-22-11-7-8-12-23(22)34-3/h4-16,18H,17H2,1-3H3,(H,27,31). The zero-order chi connectivity index (χ0) is 24.6. The van der Waals surface area contributed by atoms with Crippen molar-refractivity contribution in [3.05, 3.63) is 84.7 Å². The second kappa shape index (κ2) is 11.8. The Labute approximate surface area is 213 Å². The van der Waals surface area contributed by atoms with Gasteiger partial charge in [0.2, 0.25) is 5.91 Å². The summed E-state index contributed by atoms with van der Waals surface area (Å²) in [6, 6.07) is 25.0. The molecule has 0 aliphatic carbocycles. The molecule has 1 atom stereocenters. The van der Waals surface area contributed by atoms with Crippen molar-refractivity contribution in [3.8, 4) is 17.2 Å². The van der Waals surface area contributed by atoms with E-state index in [-0.39, 0.29) is 17.8 Å². The first kappa shape index (κ1) is 24.7. The van der Waals surface area contributed by atoms with Crippen molar-refractivity contribution in [2.75, 3.05) is 24.4 Å². The lowest BCUT2D eigenvalue weighted by atomic mass is 10.3. The summed E-state index contributed by atoms with van der Waals surface area (Å²) >= 11 is 2.92. The Morgan fingerprint density at radius 1 is 0.971 bits per heavy atom. The van der Waals surface area contributed by atoms with E-state index in [1.54, 1.807) is 18.9 Å². The van der Waals surface area contributed by atoms with Crippen LogP contribution in [0.2, 0.25) is 0 Å². The van der Waals surface area contributed by atoms with Crippen LogP contribution in [0.15, 0.2) is 88.9 Å². The van der Waals surface area contributed by atoms with Gasteiger partial charge in [-0.05, 0) is 61.7 Å². The molecule has 1 N–H and O–H groups in total. The molecule has 0 saturated heterocycles. The predicted molar refractivity (Wildman–Crippen MR) is 141 cm³/mol. The second-order valence-electron chi connectivity index (χ2n) is 7.48. The summed E-state index contributed by atoms with van der Waals surface area (Å²) in [4.78, 5) is 13.7. The molecule has 0 bridgehead atoms. The number of carbonyl (C=O) groups is 1. The fraction of sp³-hybridized carbons (Fsp3) is 0.192. The van der Waals surface area contributed by atoms with E-state index < -0.39 is 0 Å². The van der Waals surface area contributed by atoms with Gasteiger partial charge in [0.25, 0.3) is 0 Å². The minimum absolute atomic E-state index is 0.108. The van der Waals surface area contributed by atoms with Crippen LogP contribution in [0.5, 0.6) is 11.5 Å². The highest BCUT2D eigenvalue weighted by molar-refractivity contribution is 7.99.